The Kier molecular flexibility index (Phi) is 1.60. The van der Waals surface area contributed by atoms with Gasteiger partial charge in [-0.3, -0.25) is 4.79 Å². The van der Waals surface area contributed by atoms with Crippen LogP contribution in [0.2, 0.25) is 0 Å². The van der Waals surface area contributed by atoms with Crippen molar-refractivity contribution in [1.82, 2.24) is 10.9 Å². The van der Waals surface area contributed by atoms with E-state index in [9.17, 15) is 4.79 Å². The zero-order chi connectivity index (χ0) is 8.60. The molecule has 0 saturated carbocycles. The summed E-state index contributed by atoms with van der Waals surface area (Å²) in [6.45, 7) is 0.728. The molecular weight excluding hydrogens is 162 g/mol. The molecule has 0 aromatic rings. The molecule has 0 radical (unpaired) electrons. The summed E-state index contributed by atoms with van der Waals surface area (Å²) < 4.78 is 5.08. The molecule has 1 amide bonds. The van der Waals surface area contributed by atoms with Gasteiger partial charge in [-0.15, -0.1) is 0 Å². The van der Waals surface area contributed by atoms with Gasteiger partial charge in [-0.1, -0.05) is 0 Å². The minimum atomic E-state index is -1.03. The maximum absolute atomic E-state index is 11.3. The van der Waals surface area contributed by atoms with Gasteiger partial charge in [-0.25, -0.2) is 5.43 Å². The van der Waals surface area contributed by atoms with Crippen molar-refractivity contribution in [2.45, 2.75) is 12.0 Å². The lowest BCUT2D eigenvalue weighted by atomic mass is 9.89. The van der Waals surface area contributed by atoms with Crippen molar-refractivity contribution >= 4 is 11.6 Å². The summed E-state index contributed by atoms with van der Waals surface area (Å²) in [7, 11) is 0. The first kappa shape index (κ1) is 7.66. The van der Waals surface area contributed by atoms with Crippen LogP contribution in [0, 0.1) is 0 Å². The Balaban J connectivity index is 2.33. The van der Waals surface area contributed by atoms with Crippen LogP contribution < -0.4 is 10.9 Å². The van der Waals surface area contributed by atoms with E-state index in [1.54, 1.807) is 0 Å². The number of hydrazone groups is 1. The minimum absolute atomic E-state index is 0.284. The van der Waals surface area contributed by atoms with Crippen LogP contribution >= 0.6 is 0 Å². The van der Waals surface area contributed by atoms with E-state index in [-0.39, 0.29) is 12.5 Å². The Labute approximate surface area is 68.5 Å². The van der Waals surface area contributed by atoms with Crippen molar-refractivity contribution in [2.24, 2.45) is 5.10 Å². The van der Waals surface area contributed by atoms with E-state index in [4.69, 9.17) is 9.94 Å². The summed E-state index contributed by atoms with van der Waals surface area (Å²) in [5.74, 6) is -0.316. The number of amides is 1. The van der Waals surface area contributed by atoms with Crippen LogP contribution in [-0.2, 0) is 9.53 Å². The topological polar surface area (TPSA) is 83.0 Å². The van der Waals surface area contributed by atoms with Gasteiger partial charge < -0.3 is 9.94 Å². The van der Waals surface area contributed by atoms with Gasteiger partial charge in [0, 0.05) is 13.0 Å². The number of fused-ring (bicyclic) bond motifs is 1. The fourth-order valence-corrected chi connectivity index (χ4v) is 1.42. The monoisotopic (exact) mass is 171 g/mol. The van der Waals surface area contributed by atoms with Crippen LogP contribution in [0.3, 0.4) is 0 Å². The highest BCUT2D eigenvalue weighted by Gasteiger charge is 2.49. The van der Waals surface area contributed by atoms with Crippen molar-refractivity contribution in [1.29, 1.82) is 0 Å². The molecule has 1 saturated heterocycles. The zero-order valence-corrected chi connectivity index (χ0v) is 6.33. The average molecular weight is 171 g/mol. The van der Waals surface area contributed by atoms with E-state index >= 15 is 0 Å². The van der Waals surface area contributed by atoms with Crippen LogP contribution in [0.15, 0.2) is 5.10 Å². The predicted molar refractivity (Wildman–Crippen MR) is 38.7 cm³/mol. The lowest BCUT2D eigenvalue weighted by Gasteiger charge is -2.29. The van der Waals surface area contributed by atoms with Gasteiger partial charge in [-0.2, -0.15) is 10.6 Å². The molecule has 1 atom stereocenters. The number of hydroxylamine groups is 1. The average Bonchev–Trinajstić information content (AvgIpc) is 2.45. The zero-order valence-electron chi connectivity index (χ0n) is 6.33. The van der Waals surface area contributed by atoms with Gasteiger partial charge in [0.25, 0.3) is 5.91 Å². The van der Waals surface area contributed by atoms with E-state index in [1.807, 2.05) is 5.48 Å². The molecular formula is C6H9N3O3. The molecule has 1 unspecified atom stereocenters. The fraction of sp³-hybridized carbons (Fsp3) is 0.667. The Hall–Kier alpha value is -0.980. The normalized spacial score (nSPS) is 34.1. The minimum Gasteiger partial charge on any atom is -0.375 e. The summed E-state index contributed by atoms with van der Waals surface area (Å²) in [6, 6.07) is 0. The molecule has 0 aromatic carbocycles. The maximum Gasteiger partial charge on any atom is 0.268 e. The fourth-order valence-electron chi connectivity index (χ4n) is 1.42. The van der Waals surface area contributed by atoms with E-state index in [0.29, 0.717) is 18.7 Å². The highest BCUT2D eigenvalue weighted by Crippen LogP contribution is 2.21. The summed E-state index contributed by atoms with van der Waals surface area (Å²) >= 11 is 0. The Bertz CT molecular complexity index is 252. The third kappa shape index (κ3) is 0.795. The number of carbonyl (C=O) groups is 1. The Morgan fingerprint density at radius 1 is 1.75 bits per heavy atom. The van der Waals surface area contributed by atoms with Crippen molar-refractivity contribution in [2.75, 3.05) is 13.2 Å². The second kappa shape index (κ2) is 2.51. The molecule has 12 heavy (non-hydrogen) atoms. The van der Waals surface area contributed by atoms with Gasteiger partial charge in [0.1, 0.15) is 0 Å². The smallest absolute Gasteiger partial charge is 0.268 e. The molecule has 1 fully saturated rings. The van der Waals surface area contributed by atoms with Crippen LogP contribution in [0.1, 0.15) is 6.42 Å². The van der Waals surface area contributed by atoms with Gasteiger partial charge in [-0.05, 0) is 0 Å². The molecule has 3 N–H and O–H groups in total. The number of rotatable bonds is 1. The van der Waals surface area contributed by atoms with Gasteiger partial charge in [0.05, 0.1) is 12.3 Å². The van der Waals surface area contributed by atoms with Gasteiger partial charge in [0.2, 0.25) is 0 Å². The largest absolute Gasteiger partial charge is 0.375 e. The molecule has 6 nitrogen and oxygen atoms in total. The SMILES string of the molecule is O=C1NN=C2COCCC12NO. The highest BCUT2D eigenvalue weighted by molar-refractivity contribution is 6.17. The van der Waals surface area contributed by atoms with Crippen LogP contribution in [0.4, 0.5) is 0 Å². The molecule has 0 aliphatic carbocycles. The van der Waals surface area contributed by atoms with Crippen molar-refractivity contribution < 1.29 is 14.7 Å². The lowest BCUT2D eigenvalue weighted by Crippen LogP contribution is -2.59. The van der Waals surface area contributed by atoms with Crippen LogP contribution in [0.5, 0.6) is 0 Å². The molecule has 2 aliphatic rings. The molecule has 0 bridgehead atoms. The van der Waals surface area contributed by atoms with Gasteiger partial charge in [0.15, 0.2) is 5.54 Å². The molecule has 2 heterocycles. The van der Waals surface area contributed by atoms with Crippen LogP contribution in [0.25, 0.3) is 0 Å². The van der Waals surface area contributed by atoms with Crippen molar-refractivity contribution in [3.63, 3.8) is 0 Å². The standard InChI is InChI=1S/C6H9N3O3/c10-5-6(9-11)1-2-12-3-4(6)7-8-5/h9,11H,1-3H2,(H,8,10). The quantitative estimate of drug-likeness (QED) is 0.424. The molecule has 2 aliphatic heterocycles. The van der Waals surface area contributed by atoms with E-state index in [2.05, 4.69) is 10.5 Å². The molecule has 66 valence electrons. The number of nitrogens with one attached hydrogen (secondary N) is 2. The summed E-state index contributed by atoms with van der Waals surface area (Å²) in [6.07, 6.45) is 0.411. The Morgan fingerprint density at radius 2 is 2.58 bits per heavy atom. The maximum atomic E-state index is 11.3. The summed E-state index contributed by atoms with van der Waals surface area (Å²) in [4.78, 5) is 11.3. The molecule has 0 aromatic heterocycles. The van der Waals surface area contributed by atoms with Crippen molar-refractivity contribution in [3.8, 4) is 0 Å². The van der Waals surface area contributed by atoms with Gasteiger partial charge >= 0.3 is 0 Å². The van der Waals surface area contributed by atoms with Crippen LogP contribution in [-0.4, -0.2) is 35.6 Å². The number of hydrogen-bond donors (Lipinski definition) is 3. The highest BCUT2D eigenvalue weighted by atomic mass is 16.5. The summed E-state index contributed by atoms with van der Waals surface area (Å²) in [5, 5.41) is 12.6. The second-order valence-electron chi connectivity index (χ2n) is 2.82. The molecule has 0 spiro atoms. The molecule has 2 rings (SSSR count). The number of hydrogen-bond acceptors (Lipinski definition) is 5. The van der Waals surface area contributed by atoms with E-state index in [0.717, 1.165) is 0 Å². The molecule has 6 heteroatoms. The third-order valence-corrected chi connectivity index (χ3v) is 2.22. The first-order valence-corrected chi connectivity index (χ1v) is 3.66. The number of carbonyl (C=O) groups excluding carboxylic acids is 1. The number of nitrogens with zero attached hydrogens (tertiary/aromatic N) is 1. The van der Waals surface area contributed by atoms with E-state index < -0.39 is 5.54 Å². The predicted octanol–water partition coefficient (Wildman–Crippen LogP) is -1.39. The second-order valence-corrected chi connectivity index (χ2v) is 2.82. The first-order valence-electron chi connectivity index (χ1n) is 3.66. The summed E-state index contributed by atoms with van der Waals surface area (Å²) in [5.41, 5.74) is 3.79. The third-order valence-electron chi connectivity index (χ3n) is 2.22. The first-order chi connectivity index (χ1) is 5.79. The van der Waals surface area contributed by atoms with Crippen molar-refractivity contribution in [3.05, 3.63) is 0 Å². The number of ether oxygens (including phenoxy) is 1. The Morgan fingerprint density at radius 3 is 3.25 bits per heavy atom. The lowest BCUT2D eigenvalue weighted by molar-refractivity contribution is -0.128. The van der Waals surface area contributed by atoms with E-state index in [1.165, 1.54) is 0 Å².